The Balaban J connectivity index is 1.32. The van der Waals surface area contributed by atoms with Gasteiger partial charge < -0.3 is 25.2 Å². The molecule has 2 heterocycles. The lowest BCUT2D eigenvalue weighted by Gasteiger charge is -2.30. The van der Waals surface area contributed by atoms with Gasteiger partial charge in [0.1, 0.15) is 18.5 Å². The van der Waals surface area contributed by atoms with Gasteiger partial charge in [0.15, 0.2) is 0 Å². The second kappa shape index (κ2) is 11.2. The lowest BCUT2D eigenvalue weighted by atomic mass is 10.1. The van der Waals surface area contributed by atoms with E-state index in [1.54, 1.807) is 6.20 Å². The van der Waals surface area contributed by atoms with Crippen molar-refractivity contribution >= 4 is 0 Å². The molecular formula is C21H32N4O3. The second-order valence-corrected chi connectivity index (χ2v) is 7.44. The van der Waals surface area contributed by atoms with Gasteiger partial charge in [0.05, 0.1) is 6.10 Å². The number of aromatic nitrogens is 2. The van der Waals surface area contributed by atoms with Gasteiger partial charge in [0.25, 0.3) is 0 Å². The smallest absolute Gasteiger partial charge is 0.119 e. The summed E-state index contributed by atoms with van der Waals surface area (Å²) in [6.07, 6.45) is 5.65. The fourth-order valence-corrected chi connectivity index (χ4v) is 3.42. The summed E-state index contributed by atoms with van der Waals surface area (Å²) >= 11 is 0. The highest BCUT2D eigenvalue weighted by molar-refractivity contribution is 5.28. The van der Waals surface area contributed by atoms with Crippen molar-refractivity contribution in [1.29, 1.82) is 0 Å². The molecular weight excluding hydrogens is 356 g/mol. The number of β-amino-alcohol motifs (C(OH)–C–C–N with tert-alkyl or cyclic N) is 1. The van der Waals surface area contributed by atoms with Crippen LogP contribution in [0.5, 0.6) is 5.75 Å². The largest absolute Gasteiger partial charge is 0.491 e. The number of piperidine rings is 1. The predicted molar refractivity (Wildman–Crippen MR) is 108 cm³/mol. The molecule has 7 heteroatoms. The number of hydrogen-bond acceptors (Lipinski definition) is 6. The van der Waals surface area contributed by atoms with Crippen molar-refractivity contribution in [1.82, 2.24) is 20.0 Å². The fraction of sp³-hybridized carbons (Fsp3) is 0.571. The van der Waals surface area contributed by atoms with Crippen LogP contribution in [0.15, 0.2) is 42.7 Å². The van der Waals surface area contributed by atoms with E-state index in [9.17, 15) is 10.2 Å². The van der Waals surface area contributed by atoms with Crippen molar-refractivity contribution in [2.24, 2.45) is 0 Å². The SMILES string of the molecule is OC1CCN(C[C@@H](O)COc2cccc(CNCCCn3cccn3)c2)CC1. The maximum Gasteiger partial charge on any atom is 0.119 e. The van der Waals surface area contributed by atoms with E-state index < -0.39 is 6.10 Å². The first-order valence-corrected chi connectivity index (χ1v) is 10.2. The number of benzene rings is 1. The molecule has 1 aliphatic heterocycles. The number of ether oxygens (including phenoxy) is 1. The summed E-state index contributed by atoms with van der Waals surface area (Å²) in [7, 11) is 0. The number of nitrogens with one attached hydrogen (secondary N) is 1. The van der Waals surface area contributed by atoms with Gasteiger partial charge in [-0.2, -0.15) is 5.10 Å². The Bertz CT molecular complexity index is 672. The zero-order valence-electron chi connectivity index (χ0n) is 16.4. The molecule has 1 fully saturated rings. The minimum atomic E-state index is -0.528. The van der Waals surface area contributed by atoms with Crippen LogP contribution < -0.4 is 10.1 Å². The van der Waals surface area contributed by atoms with Crippen molar-refractivity contribution in [3.63, 3.8) is 0 Å². The minimum Gasteiger partial charge on any atom is -0.491 e. The molecule has 3 N–H and O–H groups in total. The van der Waals surface area contributed by atoms with Gasteiger partial charge in [0.2, 0.25) is 0 Å². The van der Waals surface area contributed by atoms with E-state index in [1.807, 2.05) is 35.1 Å². The normalized spacial score (nSPS) is 16.9. The highest BCUT2D eigenvalue weighted by atomic mass is 16.5. The minimum absolute atomic E-state index is 0.188. The molecule has 0 bridgehead atoms. The van der Waals surface area contributed by atoms with Crippen molar-refractivity contribution in [3.05, 3.63) is 48.3 Å². The van der Waals surface area contributed by atoms with Crippen molar-refractivity contribution in [2.45, 2.75) is 44.6 Å². The number of aryl methyl sites for hydroxylation is 1. The van der Waals surface area contributed by atoms with Crippen LogP contribution in [-0.2, 0) is 13.1 Å². The molecule has 1 aromatic heterocycles. The summed E-state index contributed by atoms with van der Waals surface area (Å²) in [6.45, 7) is 5.16. The van der Waals surface area contributed by atoms with Crippen LogP contribution in [0.4, 0.5) is 0 Å². The molecule has 1 aromatic carbocycles. The van der Waals surface area contributed by atoms with Gasteiger partial charge in [0, 0.05) is 45.1 Å². The zero-order chi connectivity index (χ0) is 19.6. The van der Waals surface area contributed by atoms with Gasteiger partial charge in [-0.1, -0.05) is 12.1 Å². The Hall–Kier alpha value is -1.93. The van der Waals surface area contributed by atoms with Gasteiger partial charge in [-0.25, -0.2) is 0 Å². The average molecular weight is 389 g/mol. The van der Waals surface area contributed by atoms with Crippen LogP contribution in [0.25, 0.3) is 0 Å². The predicted octanol–water partition coefficient (Wildman–Crippen LogP) is 1.26. The standard InChI is InChI=1S/C21H32N4O3/c26-19-6-12-24(13-7-19)16-20(27)17-28-21-5-1-4-18(14-21)15-22-8-2-10-25-11-3-9-23-25/h1,3-5,9,11,14,19-20,22,26-27H,2,6-8,10,12-13,15-17H2/t20-/m1/s1. The summed E-state index contributed by atoms with van der Waals surface area (Å²) in [4.78, 5) is 2.18. The van der Waals surface area contributed by atoms with Crippen LogP contribution in [0.3, 0.4) is 0 Å². The molecule has 0 radical (unpaired) electrons. The van der Waals surface area contributed by atoms with Crippen molar-refractivity contribution in [2.75, 3.05) is 32.8 Å². The van der Waals surface area contributed by atoms with Crippen molar-refractivity contribution in [3.8, 4) is 5.75 Å². The van der Waals surface area contributed by atoms with Gasteiger partial charge >= 0.3 is 0 Å². The van der Waals surface area contributed by atoms with E-state index in [0.717, 1.165) is 63.3 Å². The molecule has 3 rings (SSSR count). The number of aliphatic hydroxyl groups is 2. The van der Waals surface area contributed by atoms with Crippen LogP contribution in [0.2, 0.25) is 0 Å². The Morgan fingerprint density at radius 1 is 1.25 bits per heavy atom. The van der Waals surface area contributed by atoms with E-state index in [1.165, 1.54) is 0 Å². The molecule has 154 valence electrons. The summed E-state index contributed by atoms with van der Waals surface area (Å²) < 4.78 is 7.72. The van der Waals surface area contributed by atoms with Crippen LogP contribution in [0, 0.1) is 0 Å². The molecule has 0 aliphatic carbocycles. The maximum atomic E-state index is 10.2. The number of aliphatic hydroxyl groups excluding tert-OH is 2. The topological polar surface area (TPSA) is 82.8 Å². The number of likely N-dealkylation sites (tertiary alicyclic amines) is 1. The third-order valence-corrected chi connectivity index (χ3v) is 5.00. The first-order chi connectivity index (χ1) is 13.7. The molecule has 0 unspecified atom stereocenters. The maximum absolute atomic E-state index is 10.2. The molecule has 28 heavy (non-hydrogen) atoms. The molecule has 2 aromatic rings. The molecule has 0 amide bonds. The van der Waals surface area contributed by atoms with E-state index in [-0.39, 0.29) is 12.7 Å². The second-order valence-electron chi connectivity index (χ2n) is 7.44. The van der Waals surface area contributed by atoms with E-state index in [0.29, 0.717) is 6.54 Å². The molecule has 0 spiro atoms. The summed E-state index contributed by atoms with van der Waals surface area (Å²) in [6, 6.07) is 9.93. The molecule has 1 atom stereocenters. The lowest BCUT2D eigenvalue weighted by Crippen LogP contribution is -2.41. The third-order valence-electron chi connectivity index (χ3n) is 5.00. The molecule has 1 aliphatic rings. The monoisotopic (exact) mass is 388 g/mol. The first-order valence-electron chi connectivity index (χ1n) is 10.2. The van der Waals surface area contributed by atoms with Crippen LogP contribution in [0.1, 0.15) is 24.8 Å². The van der Waals surface area contributed by atoms with Crippen molar-refractivity contribution < 1.29 is 14.9 Å². The highest BCUT2D eigenvalue weighted by Gasteiger charge is 2.19. The highest BCUT2D eigenvalue weighted by Crippen LogP contribution is 2.14. The third kappa shape index (κ3) is 7.24. The van der Waals surface area contributed by atoms with Gasteiger partial charge in [-0.05, 0) is 49.6 Å². The fourth-order valence-electron chi connectivity index (χ4n) is 3.42. The summed E-state index contributed by atoms with van der Waals surface area (Å²) in [5.74, 6) is 0.781. The Morgan fingerprint density at radius 3 is 2.89 bits per heavy atom. The molecule has 1 saturated heterocycles. The first kappa shape index (κ1) is 20.8. The lowest BCUT2D eigenvalue weighted by molar-refractivity contribution is 0.0337. The van der Waals surface area contributed by atoms with E-state index in [4.69, 9.17) is 4.74 Å². The number of nitrogens with zero attached hydrogens (tertiary/aromatic N) is 3. The summed E-state index contributed by atoms with van der Waals surface area (Å²) in [5, 5.41) is 27.4. The van der Waals surface area contributed by atoms with E-state index >= 15 is 0 Å². The van der Waals surface area contributed by atoms with Gasteiger partial charge in [-0.3, -0.25) is 4.68 Å². The molecule has 0 saturated carbocycles. The van der Waals surface area contributed by atoms with Crippen LogP contribution in [-0.4, -0.2) is 69.9 Å². The zero-order valence-corrected chi connectivity index (χ0v) is 16.4. The average Bonchev–Trinajstić information content (AvgIpc) is 3.22. The number of rotatable bonds is 11. The Morgan fingerprint density at radius 2 is 2.11 bits per heavy atom. The van der Waals surface area contributed by atoms with Crippen LogP contribution >= 0.6 is 0 Å². The Kier molecular flexibility index (Phi) is 8.29. The van der Waals surface area contributed by atoms with E-state index in [2.05, 4.69) is 21.4 Å². The quantitative estimate of drug-likeness (QED) is 0.503. The Labute approximate surface area is 166 Å². The summed E-state index contributed by atoms with van der Waals surface area (Å²) in [5.41, 5.74) is 1.16. The molecule has 7 nitrogen and oxygen atoms in total. The number of hydrogen-bond donors (Lipinski definition) is 3. The van der Waals surface area contributed by atoms with Gasteiger partial charge in [-0.15, -0.1) is 0 Å².